The third-order valence-corrected chi connectivity index (χ3v) is 2.76. The quantitative estimate of drug-likeness (QED) is 0.839. The molecule has 2 aromatic rings. The number of para-hydroxylation sites is 2. The Bertz CT molecular complexity index is 584. The van der Waals surface area contributed by atoms with Gasteiger partial charge in [-0.2, -0.15) is 10.1 Å². The fraction of sp³-hybridized carbons (Fsp3) is 0.250. The van der Waals surface area contributed by atoms with Crippen molar-refractivity contribution in [1.82, 2.24) is 15.2 Å². The van der Waals surface area contributed by atoms with Crippen LogP contribution in [0.3, 0.4) is 0 Å². The number of benzene rings is 1. The number of carbonyl (C=O) groups excluding carboxylic acids is 1. The van der Waals surface area contributed by atoms with Crippen LogP contribution in [0.1, 0.15) is 6.92 Å². The van der Waals surface area contributed by atoms with Crippen LogP contribution >= 0.6 is 0 Å². The maximum atomic E-state index is 12.1. The molecule has 0 saturated carbocycles. The van der Waals surface area contributed by atoms with Gasteiger partial charge in [-0.3, -0.25) is 10.1 Å². The second-order valence-electron chi connectivity index (χ2n) is 4.13. The van der Waals surface area contributed by atoms with E-state index in [1.165, 1.54) is 6.33 Å². The largest absolute Gasteiger partial charge is 0.482 e. The van der Waals surface area contributed by atoms with Crippen LogP contribution in [0.15, 0.2) is 30.6 Å². The molecule has 2 atom stereocenters. The highest BCUT2D eigenvalue weighted by molar-refractivity contribution is 5.93. The molecule has 0 aliphatic carbocycles. The Kier molecular flexibility index (Phi) is 2.79. The van der Waals surface area contributed by atoms with Gasteiger partial charge in [0.15, 0.2) is 11.5 Å². The topological polar surface area (TPSA) is 89.1 Å². The Labute approximate surface area is 108 Å². The molecule has 1 aliphatic rings. The Hall–Kier alpha value is -2.57. The van der Waals surface area contributed by atoms with Crippen molar-refractivity contribution in [2.75, 3.05) is 5.32 Å². The summed E-state index contributed by atoms with van der Waals surface area (Å²) in [5, 5.41) is 8.78. The molecule has 2 heterocycles. The van der Waals surface area contributed by atoms with Crippen molar-refractivity contribution in [2.24, 2.45) is 0 Å². The Balaban J connectivity index is 1.77. The van der Waals surface area contributed by atoms with E-state index in [2.05, 4.69) is 20.5 Å². The van der Waals surface area contributed by atoms with Gasteiger partial charge >= 0.3 is 0 Å². The van der Waals surface area contributed by atoms with E-state index in [0.717, 1.165) is 0 Å². The van der Waals surface area contributed by atoms with Gasteiger partial charge in [0.1, 0.15) is 12.4 Å². The molecule has 0 unspecified atom stereocenters. The summed E-state index contributed by atoms with van der Waals surface area (Å²) in [6, 6.07) is 7.24. The van der Waals surface area contributed by atoms with E-state index in [9.17, 15) is 4.79 Å². The van der Waals surface area contributed by atoms with Gasteiger partial charge in [-0.1, -0.05) is 12.1 Å². The summed E-state index contributed by atoms with van der Waals surface area (Å²) in [5.41, 5.74) is 0. The minimum Gasteiger partial charge on any atom is -0.482 e. The van der Waals surface area contributed by atoms with Gasteiger partial charge < -0.3 is 9.47 Å². The lowest BCUT2D eigenvalue weighted by Gasteiger charge is -2.30. The van der Waals surface area contributed by atoms with Crippen molar-refractivity contribution in [3.63, 3.8) is 0 Å². The maximum Gasteiger partial charge on any atom is 0.271 e. The summed E-state index contributed by atoms with van der Waals surface area (Å²) in [5.74, 6) is 1.13. The predicted molar refractivity (Wildman–Crippen MR) is 66.0 cm³/mol. The molecule has 0 spiro atoms. The second kappa shape index (κ2) is 4.60. The zero-order chi connectivity index (χ0) is 13.2. The van der Waals surface area contributed by atoms with E-state index in [1.807, 2.05) is 12.1 Å². The molecule has 7 nitrogen and oxygen atoms in total. The number of aromatic nitrogens is 3. The van der Waals surface area contributed by atoms with Crippen LogP contribution in [-0.4, -0.2) is 33.3 Å². The first-order valence-electron chi connectivity index (χ1n) is 5.82. The van der Waals surface area contributed by atoms with Gasteiger partial charge in [-0.25, -0.2) is 5.10 Å². The number of carbonyl (C=O) groups is 1. The monoisotopic (exact) mass is 260 g/mol. The number of hydrogen-bond acceptors (Lipinski definition) is 5. The molecule has 0 radical (unpaired) electrons. The number of hydrogen-bond donors (Lipinski definition) is 2. The molecule has 0 bridgehead atoms. The first kappa shape index (κ1) is 11.5. The number of amides is 1. The molecule has 1 aliphatic heterocycles. The molecular weight excluding hydrogens is 248 g/mol. The number of rotatable bonds is 2. The number of anilines is 1. The summed E-state index contributed by atoms with van der Waals surface area (Å²) in [7, 11) is 0. The fourth-order valence-electron chi connectivity index (χ4n) is 1.86. The third kappa shape index (κ3) is 2.22. The van der Waals surface area contributed by atoms with Crippen molar-refractivity contribution in [3.05, 3.63) is 30.6 Å². The zero-order valence-electron chi connectivity index (χ0n) is 10.2. The summed E-state index contributed by atoms with van der Waals surface area (Å²) >= 11 is 0. The first-order valence-corrected chi connectivity index (χ1v) is 5.82. The van der Waals surface area contributed by atoms with Crippen molar-refractivity contribution in [2.45, 2.75) is 19.1 Å². The highest BCUT2D eigenvalue weighted by atomic mass is 16.6. The molecule has 0 fully saturated rings. The van der Waals surface area contributed by atoms with Crippen LogP contribution in [0.4, 0.5) is 5.95 Å². The molecule has 1 aromatic heterocycles. The Morgan fingerprint density at radius 2 is 2.05 bits per heavy atom. The lowest BCUT2D eigenvalue weighted by Crippen LogP contribution is -2.46. The summed E-state index contributed by atoms with van der Waals surface area (Å²) < 4.78 is 11.3. The van der Waals surface area contributed by atoms with Crippen LogP contribution in [0.25, 0.3) is 0 Å². The number of fused-ring (bicyclic) bond motifs is 1. The van der Waals surface area contributed by atoms with Crippen molar-refractivity contribution < 1.29 is 14.3 Å². The van der Waals surface area contributed by atoms with E-state index in [-0.39, 0.29) is 11.9 Å². The van der Waals surface area contributed by atoms with E-state index in [0.29, 0.717) is 11.5 Å². The van der Waals surface area contributed by atoms with Gasteiger partial charge in [0.05, 0.1) is 0 Å². The molecule has 0 saturated heterocycles. The van der Waals surface area contributed by atoms with Crippen molar-refractivity contribution >= 4 is 11.9 Å². The SMILES string of the molecule is C[C@@H]1Oc2ccccc2O[C@@H]1C(=O)Nc1ncn[nH]1. The van der Waals surface area contributed by atoms with Crippen molar-refractivity contribution in [3.8, 4) is 11.5 Å². The van der Waals surface area contributed by atoms with Crippen molar-refractivity contribution in [1.29, 1.82) is 0 Å². The standard InChI is InChI=1S/C12H12N4O3/c1-7-10(11(17)15-12-13-6-14-16-12)19-9-5-3-2-4-8(9)18-7/h2-7,10H,1H3,(H2,13,14,15,16,17)/t7-,10-/m0/s1. The van der Waals surface area contributed by atoms with Gasteiger partial charge in [-0.15, -0.1) is 0 Å². The Morgan fingerprint density at radius 3 is 2.74 bits per heavy atom. The summed E-state index contributed by atoms with van der Waals surface area (Å²) in [6.07, 6.45) is 0.185. The number of aromatic amines is 1. The highest BCUT2D eigenvalue weighted by Crippen LogP contribution is 2.33. The lowest BCUT2D eigenvalue weighted by molar-refractivity contribution is -0.128. The van der Waals surface area contributed by atoms with Gasteiger partial charge in [0, 0.05) is 0 Å². The van der Waals surface area contributed by atoms with Crippen LogP contribution in [0.2, 0.25) is 0 Å². The minimum atomic E-state index is -0.736. The normalized spacial score (nSPS) is 20.9. The lowest BCUT2D eigenvalue weighted by atomic mass is 10.1. The summed E-state index contributed by atoms with van der Waals surface area (Å²) in [4.78, 5) is 15.9. The molecular formula is C12H12N4O3. The average Bonchev–Trinajstić information content (AvgIpc) is 2.90. The smallest absolute Gasteiger partial charge is 0.271 e. The molecule has 2 N–H and O–H groups in total. The number of H-pyrrole nitrogens is 1. The van der Waals surface area contributed by atoms with Gasteiger partial charge in [0.2, 0.25) is 12.1 Å². The average molecular weight is 260 g/mol. The van der Waals surface area contributed by atoms with E-state index in [4.69, 9.17) is 9.47 Å². The zero-order valence-corrected chi connectivity index (χ0v) is 10.2. The van der Waals surface area contributed by atoms with Crippen LogP contribution in [0.5, 0.6) is 11.5 Å². The third-order valence-electron chi connectivity index (χ3n) is 2.76. The van der Waals surface area contributed by atoms with E-state index in [1.54, 1.807) is 19.1 Å². The molecule has 1 aromatic carbocycles. The van der Waals surface area contributed by atoms with Gasteiger partial charge in [-0.05, 0) is 19.1 Å². The number of nitrogens with one attached hydrogen (secondary N) is 2. The molecule has 7 heteroatoms. The Morgan fingerprint density at radius 1 is 1.32 bits per heavy atom. The van der Waals surface area contributed by atoms with Crippen LogP contribution < -0.4 is 14.8 Å². The fourth-order valence-corrected chi connectivity index (χ4v) is 1.86. The molecule has 19 heavy (non-hydrogen) atoms. The van der Waals surface area contributed by atoms with E-state index < -0.39 is 12.2 Å². The molecule has 98 valence electrons. The second-order valence-corrected chi connectivity index (χ2v) is 4.13. The van der Waals surface area contributed by atoms with Crippen LogP contribution in [-0.2, 0) is 4.79 Å². The maximum absolute atomic E-state index is 12.1. The first-order chi connectivity index (χ1) is 9.24. The van der Waals surface area contributed by atoms with Crippen LogP contribution in [0, 0.1) is 0 Å². The number of nitrogens with zero attached hydrogens (tertiary/aromatic N) is 2. The summed E-state index contributed by atoms with van der Waals surface area (Å²) in [6.45, 7) is 1.78. The van der Waals surface area contributed by atoms with Gasteiger partial charge in [0.25, 0.3) is 5.91 Å². The number of ether oxygens (including phenoxy) is 2. The predicted octanol–water partition coefficient (Wildman–Crippen LogP) is 0.972. The molecule has 1 amide bonds. The van der Waals surface area contributed by atoms with E-state index >= 15 is 0 Å². The highest BCUT2D eigenvalue weighted by Gasteiger charge is 2.34. The minimum absolute atomic E-state index is 0.277. The molecule has 3 rings (SSSR count).